The SMILES string of the molecule is CC(=O)Oc1ccc(OC(C)=O)c2c(OC(C)=O)c(C(CC=C(C)C)OC(=O)C=C(C)C)cc(OC(C)=O)c12. The topological polar surface area (TPSA) is 132 Å². The maximum absolute atomic E-state index is 12.7. The van der Waals surface area contributed by atoms with Gasteiger partial charge in [-0.15, -0.1) is 0 Å². The van der Waals surface area contributed by atoms with Gasteiger partial charge in [-0.3, -0.25) is 19.2 Å². The van der Waals surface area contributed by atoms with E-state index >= 15 is 0 Å². The molecule has 0 saturated carbocycles. The molecule has 39 heavy (non-hydrogen) atoms. The van der Waals surface area contributed by atoms with Crippen LogP contribution in [0.15, 0.2) is 41.5 Å². The summed E-state index contributed by atoms with van der Waals surface area (Å²) in [6, 6.07) is 4.06. The summed E-state index contributed by atoms with van der Waals surface area (Å²) in [6.45, 7) is 11.9. The summed E-state index contributed by atoms with van der Waals surface area (Å²) < 4.78 is 27.6. The van der Waals surface area contributed by atoms with E-state index in [4.69, 9.17) is 23.7 Å². The fourth-order valence-electron chi connectivity index (χ4n) is 3.66. The predicted octanol–water partition coefficient (Wildman–Crippen LogP) is 5.45. The minimum atomic E-state index is -1.03. The van der Waals surface area contributed by atoms with E-state index in [0.717, 1.165) is 12.5 Å². The maximum atomic E-state index is 12.7. The maximum Gasteiger partial charge on any atom is 0.331 e. The van der Waals surface area contributed by atoms with Crippen LogP contribution in [0.25, 0.3) is 10.8 Å². The van der Waals surface area contributed by atoms with Gasteiger partial charge in [0, 0.05) is 45.8 Å². The van der Waals surface area contributed by atoms with Crippen LogP contribution in [0, 0.1) is 0 Å². The number of fused-ring (bicyclic) bond motifs is 1. The Hall–Kier alpha value is -4.47. The van der Waals surface area contributed by atoms with E-state index < -0.39 is 36.0 Å². The Morgan fingerprint density at radius 3 is 1.62 bits per heavy atom. The summed E-state index contributed by atoms with van der Waals surface area (Å²) in [5.41, 5.74) is 1.77. The fourth-order valence-corrected chi connectivity index (χ4v) is 3.66. The smallest absolute Gasteiger partial charge is 0.331 e. The number of allylic oxidation sites excluding steroid dienone is 2. The second kappa shape index (κ2) is 13.4. The summed E-state index contributed by atoms with van der Waals surface area (Å²) >= 11 is 0. The van der Waals surface area contributed by atoms with Crippen LogP contribution >= 0.6 is 0 Å². The molecule has 208 valence electrons. The average Bonchev–Trinajstić information content (AvgIpc) is 2.77. The molecule has 0 aliphatic carbocycles. The highest BCUT2D eigenvalue weighted by Gasteiger charge is 2.29. The van der Waals surface area contributed by atoms with Gasteiger partial charge in [-0.05, 0) is 45.9 Å². The lowest BCUT2D eigenvalue weighted by molar-refractivity contribution is -0.143. The Morgan fingerprint density at radius 2 is 1.15 bits per heavy atom. The normalized spacial score (nSPS) is 11.1. The first-order valence-electron chi connectivity index (χ1n) is 12.1. The Balaban J connectivity index is 3.12. The first kappa shape index (κ1) is 30.8. The minimum absolute atomic E-state index is 0.00615. The number of hydrogen-bond donors (Lipinski definition) is 0. The van der Waals surface area contributed by atoms with Crippen molar-refractivity contribution in [1.82, 2.24) is 0 Å². The highest BCUT2D eigenvalue weighted by Crippen LogP contribution is 2.49. The molecule has 2 aromatic rings. The zero-order valence-electron chi connectivity index (χ0n) is 23.3. The zero-order valence-corrected chi connectivity index (χ0v) is 23.3. The fraction of sp³-hybridized carbons (Fsp3) is 0.345. The van der Waals surface area contributed by atoms with E-state index in [1.165, 1.54) is 45.0 Å². The Bertz CT molecular complexity index is 1370. The molecule has 0 radical (unpaired) electrons. The third kappa shape index (κ3) is 8.80. The lowest BCUT2D eigenvalue weighted by atomic mass is 9.96. The van der Waals surface area contributed by atoms with Gasteiger partial charge in [0.15, 0.2) is 0 Å². The number of benzene rings is 2. The van der Waals surface area contributed by atoms with E-state index in [-0.39, 0.29) is 45.8 Å². The third-order valence-corrected chi connectivity index (χ3v) is 4.91. The lowest BCUT2D eigenvalue weighted by Crippen LogP contribution is -2.15. The summed E-state index contributed by atoms with van der Waals surface area (Å²) in [4.78, 5) is 60.9. The third-order valence-electron chi connectivity index (χ3n) is 4.91. The molecule has 10 heteroatoms. The number of hydrogen-bond acceptors (Lipinski definition) is 10. The molecule has 1 unspecified atom stereocenters. The van der Waals surface area contributed by atoms with E-state index in [0.29, 0.717) is 5.57 Å². The molecule has 2 rings (SSSR count). The van der Waals surface area contributed by atoms with Gasteiger partial charge >= 0.3 is 29.8 Å². The van der Waals surface area contributed by atoms with Crippen LogP contribution in [-0.4, -0.2) is 29.8 Å². The predicted molar refractivity (Wildman–Crippen MR) is 141 cm³/mol. The number of ether oxygens (including phenoxy) is 5. The monoisotopic (exact) mass is 540 g/mol. The van der Waals surface area contributed by atoms with E-state index in [9.17, 15) is 24.0 Å². The van der Waals surface area contributed by atoms with E-state index in [1.54, 1.807) is 13.8 Å². The van der Waals surface area contributed by atoms with Gasteiger partial charge < -0.3 is 23.7 Å². The van der Waals surface area contributed by atoms with Crippen LogP contribution < -0.4 is 18.9 Å². The van der Waals surface area contributed by atoms with Gasteiger partial charge in [-0.2, -0.15) is 0 Å². The van der Waals surface area contributed by atoms with Crippen molar-refractivity contribution in [3.8, 4) is 23.0 Å². The molecule has 1 atom stereocenters. The van der Waals surface area contributed by atoms with Crippen molar-refractivity contribution < 1.29 is 47.7 Å². The molecule has 0 saturated heterocycles. The highest BCUT2D eigenvalue weighted by molar-refractivity contribution is 6.06. The van der Waals surface area contributed by atoms with Crippen LogP contribution in [0.1, 0.15) is 73.5 Å². The first-order chi connectivity index (χ1) is 18.2. The van der Waals surface area contributed by atoms with E-state index in [1.807, 2.05) is 19.9 Å². The minimum Gasteiger partial charge on any atom is -0.454 e. The Labute approximate surface area is 226 Å². The standard InChI is InChI=1S/C29H32O10/c1-15(2)9-10-22(39-26(34)13-16(3)4)21-14-25(37-19(7)32)27-23(35-17(5)30)11-12-24(36-18(6)31)28(27)29(21)38-20(8)33/h9,11-14,22H,10H2,1-8H3. The molecule has 0 aliphatic rings. The van der Waals surface area contributed by atoms with Crippen molar-refractivity contribution in [2.75, 3.05) is 0 Å². The van der Waals surface area contributed by atoms with Crippen molar-refractivity contribution in [3.05, 3.63) is 47.1 Å². The van der Waals surface area contributed by atoms with Crippen LogP contribution in [0.5, 0.6) is 23.0 Å². The number of esters is 5. The van der Waals surface area contributed by atoms with Crippen molar-refractivity contribution in [1.29, 1.82) is 0 Å². The molecule has 0 spiro atoms. The number of rotatable bonds is 9. The summed E-state index contributed by atoms with van der Waals surface area (Å²) in [6.07, 6.45) is 2.25. The van der Waals surface area contributed by atoms with Crippen LogP contribution in [0.2, 0.25) is 0 Å². The quantitative estimate of drug-likeness (QED) is 0.175. The van der Waals surface area contributed by atoms with Crippen molar-refractivity contribution >= 4 is 40.6 Å². The molecule has 0 heterocycles. The second-order valence-corrected chi connectivity index (χ2v) is 9.14. The molecule has 0 aliphatic heterocycles. The molecular formula is C29H32O10. The van der Waals surface area contributed by atoms with Gasteiger partial charge in [0.1, 0.15) is 29.1 Å². The van der Waals surface area contributed by atoms with E-state index in [2.05, 4.69) is 0 Å². The molecule has 10 nitrogen and oxygen atoms in total. The molecule has 0 bridgehead atoms. The van der Waals surface area contributed by atoms with Crippen molar-refractivity contribution in [2.24, 2.45) is 0 Å². The van der Waals surface area contributed by atoms with Gasteiger partial charge in [-0.1, -0.05) is 17.2 Å². The van der Waals surface area contributed by atoms with Gasteiger partial charge in [0.2, 0.25) is 0 Å². The largest absolute Gasteiger partial charge is 0.454 e. The van der Waals surface area contributed by atoms with Gasteiger partial charge in [0.05, 0.1) is 10.8 Å². The second-order valence-electron chi connectivity index (χ2n) is 9.14. The Kier molecular flexibility index (Phi) is 10.5. The first-order valence-corrected chi connectivity index (χ1v) is 12.1. The van der Waals surface area contributed by atoms with Gasteiger partial charge in [-0.25, -0.2) is 4.79 Å². The average molecular weight is 541 g/mol. The highest BCUT2D eigenvalue weighted by atomic mass is 16.6. The van der Waals surface area contributed by atoms with Crippen LogP contribution in [0.4, 0.5) is 0 Å². The molecule has 0 amide bonds. The van der Waals surface area contributed by atoms with Crippen LogP contribution in [0.3, 0.4) is 0 Å². The number of carbonyl (C=O) groups excluding carboxylic acids is 5. The molecule has 0 aromatic heterocycles. The van der Waals surface area contributed by atoms with Crippen LogP contribution in [-0.2, 0) is 28.7 Å². The molecule has 0 fully saturated rings. The summed E-state index contributed by atoms with van der Waals surface area (Å²) in [5.74, 6) is -3.83. The number of carbonyl (C=O) groups is 5. The molecular weight excluding hydrogens is 508 g/mol. The van der Waals surface area contributed by atoms with Gasteiger partial charge in [0.25, 0.3) is 0 Å². The molecule has 2 aromatic carbocycles. The Morgan fingerprint density at radius 1 is 0.667 bits per heavy atom. The summed E-state index contributed by atoms with van der Waals surface area (Å²) in [5, 5.41) is 0.0177. The molecule has 0 N–H and O–H groups in total. The zero-order chi connectivity index (χ0) is 29.4. The summed E-state index contributed by atoms with van der Waals surface area (Å²) in [7, 11) is 0. The van der Waals surface area contributed by atoms with Crippen molar-refractivity contribution in [3.63, 3.8) is 0 Å². The van der Waals surface area contributed by atoms with Crippen molar-refractivity contribution in [2.45, 2.75) is 67.9 Å². The lowest BCUT2D eigenvalue weighted by Gasteiger charge is -2.23.